The van der Waals surface area contributed by atoms with Crippen LogP contribution in [0, 0.1) is 0 Å². The molecule has 0 aliphatic heterocycles. The van der Waals surface area contributed by atoms with Crippen LogP contribution in [0.1, 0.15) is 37.0 Å². The Hall–Kier alpha value is -3.02. The van der Waals surface area contributed by atoms with Crippen molar-refractivity contribution in [3.63, 3.8) is 0 Å². The molecule has 0 unspecified atom stereocenters. The zero-order valence-corrected chi connectivity index (χ0v) is 22.4. The molecular weight excluding hydrogens is 495 g/mol. The maximum Gasteiger partial charge on any atom is 0.243 e. The predicted octanol–water partition coefficient (Wildman–Crippen LogP) is 6.10. The summed E-state index contributed by atoms with van der Waals surface area (Å²) < 4.78 is 5.23. The van der Waals surface area contributed by atoms with Crippen LogP contribution in [0.5, 0.6) is 5.75 Å². The number of methoxy groups -OCH3 is 1. The van der Waals surface area contributed by atoms with Gasteiger partial charge in [-0.1, -0.05) is 78.7 Å². The molecular formula is C29H32Cl2N2O3. The zero-order chi connectivity index (χ0) is 26.1. The van der Waals surface area contributed by atoms with E-state index in [1.54, 1.807) is 24.1 Å². The molecule has 0 fully saturated rings. The fraction of sp³-hybridized carbons (Fsp3) is 0.310. The van der Waals surface area contributed by atoms with Crippen molar-refractivity contribution in [3.05, 3.63) is 99.5 Å². The van der Waals surface area contributed by atoms with Crippen molar-refractivity contribution in [1.29, 1.82) is 0 Å². The number of benzene rings is 3. The van der Waals surface area contributed by atoms with Crippen molar-refractivity contribution < 1.29 is 14.3 Å². The van der Waals surface area contributed by atoms with Crippen LogP contribution in [-0.4, -0.2) is 35.9 Å². The van der Waals surface area contributed by atoms with E-state index in [-0.39, 0.29) is 30.8 Å². The number of nitrogens with zero attached hydrogens (tertiary/aromatic N) is 1. The molecule has 0 aliphatic carbocycles. The molecule has 0 spiro atoms. The summed E-state index contributed by atoms with van der Waals surface area (Å²) in [5, 5.41) is 3.91. The lowest BCUT2D eigenvalue weighted by Crippen LogP contribution is -2.52. The zero-order valence-electron chi connectivity index (χ0n) is 20.8. The summed E-state index contributed by atoms with van der Waals surface area (Å²) in [4.78, 5) is 29.0. The Bertz CT molecular complexity index is 1150. The molecule has 0 saturated heterocycles. The first-order valence-corrected chi connectivity index (χ1v) is 12.8. The maximum atomic E-state index is 13.8. The van der Waals surface area contributed by atoms with Gasteiger partial charge in [0.2, 0.25) is 11.8 Å². The molecule has 3 aromatic rings. The van der Waals surface area contributed by atoms with E-state index >= 15 is 0 Å². The summed E-state index contributed by atoms with van der Waals surface area (Å²) in [6, 6.07) is 21.6. The van der Waals surface area contributed by atoms with Gasteiger partial charge in [0.15, 0.2) is 0 Å². The molecule has 0 aromatic heterocycles. The van der Waals surface area contributed by atoms with Crippen molar-refractivity contribution in [2.75, 3.05) is 7.11 Å². The van der Waals surface area contributed by atoms with E-state index in [1.807, 2.05) is 74.5 Å². The summed E-state index contributed by atoms with van der Waals surface area (Å²) in [6.07, 6.45) is 1.32. The number of carbonyl (C=O) groups excluding carboxylic acids is 2. The van der Waals surface area contributed by atoms with Crippen molar-refractivity contribution in [2.45, 2.75) is 51.7 Å². The van der Waals surface area contributed by atoms with Gasteiger partial charge in [0.25, 0.3) is 0 Å². The second-order valence-corrected chi connectivity index (χ2v) is 9.63. The fourth-order valence-corrected chi connectivity index (χ4v) is 4.17. The third-order valence-corrected chi connectivity index (χ3v) is 6.86. The van der Waals surface area contributed by atoms with Gasteiger partial charge >= 0.3 is 0 Å². The minimum absolute atomic E-state index is 0.0145. The Kier molecular flexibility index (Phi) is 10.2. The molecule has 3 aromatic carbocycles. The van der Waals surface area contributed by atoms with E-state index in [1.165, 1.54) is 0 Å². The highest BCUT2D eigenvalue weighted by atomic mass is 35.5. The number of halogens is 2. The Balaban J connectivity index is 1.97. The monoisotopic (exact) mass is 526 g/mol. The third-order valence-electron chi connectivity index (χ3n) is 6.12. The molecule has 3 rings (SSSR count). The van der Waals surface area contributed by atoms with Crippen LogP contribution in [-0.2, 0) is 29.0 Å². The van der Waals surface area contributed by atoms with E-state index in [0.29, 0.717) is 22.2 Å². The first kappa shape index (κ1) is 27.6. The first-order chi connectivity index (χ1) is 17.3. The normalized spacial score (nSPS) is 12.5. The highest BCUT2D eigenvalue weighted by molar-refractivity contribution is 6.42. The number of carbonyl (C=O) groups is 2. The Labute approximate surface area is 223 Å². The molecule has 2 atom stereocenters. The maximum absolute atomic E-state index is 13.8. The molecule has 0 radical (unpaired) electrons. The lowest BCUT2D eigenvalue weighted by atomic mass is 10.0. The van der Waals surface area contributed by atoms with E-state index in [4.69, 9.17) is 27.9 Å². The molecule has 0 aliphatic rings. The van der Waals surface area contributed by atoms with Gasteiger partial charge in [0, 0.05) is 19.0 Å². The standard InChI is InChI=1S/C29H32Cl2N2O3/c1-4-20(2)32-29(35)27(17-21-8-6-5-7-9-21)33(19-23-12-15-25(30)26(31)16-23)28(34)18-22-10-13-24(36-3)14-11-22/h5-16,20,27H,4,17-19H2,1-3H3,(H,32,35)/t20-,27+/m0/s1. The Morgan fingerprint density at radius 1 is 0.917 bits per heavy atom. The number of rotatable bonds is 11. The van der Waals surface area contributed by atoms with Crippen molar-refractivity contribution >= 4 is 35.0 Å². The summed E-state index contributed by atoms with van der Waals surface area (Å²) in [5.41, 5.74) is 2.60. The summed E-state index contributed by atoms with van der Waals surface area (Å²) in [6.45, 7) is 4.19. The molecule has 2 amide bonds. The average Bonchev–Trinajstić information content (AvgIpc) is 2.89. The lowest BCUT2D eigenvalue weighted by molar-refractivity contribution is -0.141. The Morgan fingerprint density at radius 3 is 2.19 bits per heavy atom. The topological polar surface area (TPSA) is 58.6 Å². The van der Waals surface area contributed by atoms with E-state index in [9.17, 15) is 9.59 Å². The van der Waals surface area contributed by atoms with Crippen LogP contribution in [0.2, 0.25) is 10.0 Å². The minimum Gasteiger partial charge on any atom is -0.497 e. The van der Waals surface area contributed by atoms with Crippen LogP contribution in [0.4, 0.5) is 0 Å². The predicted molar refractivity (Wildman–Crippen MR) is 146 cm³/mol. The van der Waals surface area contributed by atoms with E-state index in [0.717, 1.165) is 23.1 Å². The van der Waals surface area contributed by atoms with Gasteiger partial charge in [0.05, 0.1) is 23.6 Å². The van der Waals surface area contributed by atoms with Crippen LogP contribution in [0.25, 0.3) is 0 Å². The number of amides is 2. The smallest absolute Gasteiger partial charge is 0.243 e. The molecule has 0 bridgehead atoms. The molecule has 36 heavy (non-hydrogen) atoms. The van der Waals surface area contributed by atoms with Gasteiger partial charge in [-0.25, -0.2) is 0 Å². The van der Waals surface area contributed by atoms with Crippen LogP contribution < -0.4 is 10.1 Å². The lowest BCUT2D eigenvalue weighted by Gasteiger charge is -2.32. The fourth-order valence-electron chi connectivity index (χ4n) is 3.85. The first-order valence-electron chi connectivity index (χ1n) is 12.0. The van der Waals surface area contributed by atoms with Crippen LogP contribution >= 0.6 is 23.2 Å². The van der Waals surface area contributed by atoms with Gasteiger partial charge in [-0.15, -0.1) is 0 Å². The highest BCUT2D eigenvalue weighted by Gasteiger charge is 2.31. The largest absolute Gasteiger partial charge is 0.497 e. The molecule has 1 N–H and O–H groups in total. The van der Waals surface area contributed by atoms with Gasteiger partial charge in [-0.05, 0) is 54.3 Å². The summed E-state index contributed by atoms with van der Waals surface area (Å²) in [5.74, 6) is 0.372. The van der Waals surface area contributed by atoms with Gasteiger partial charge in [-0.3, -0.25) is 9.59 Å². The van der Waals surface area contributed by atoms with Gasteiger partial charge in [0.1, 0.15) is 11.8 Å². The quantitative estimate of drug-likeness (QED) is 0.328. The van der Waals surface area contributed by atoms with Gasteiger partial charge in [-0.2, -0.15) is 0 Å². The number of ether oxygens (including phenoxy) is 1. The summed E-state index contributed by atoms with van der Waals surface area (Å²) in [7, 11) is 1.60. The van der Waals surface area contributed by atoms with Crippen LogP contribution in [0.3, 0.4) is 0 Å². The molecule has 0 heterocycles. The Morgan fingerprint density at radius 2 is 1.58 bits per heavy atom. The van der Waals surface area contributed by atoms with Gasteiger partial charge < -0.3 is 15.0 Å². The second kappa shape index (κ2) is 13.3. The molecule has 0 saturated carbocycles. The van der Waals surface area contributed by atoms with Crippen molar-refractivity contribution in [3.8, 4) is 5.75 Å². The number of hydrogen-bond acceptors (Lipinski definition) is 3. The van der Waals surface area contributed by atoms with E-state index < -0.39 is 6.04 Å². The molecule has 5 nitrogen and oxygen atoms in total. The summed E-state index contributed by atoms with van der Waals surface area (Å²) >= 11 is 12.4. The SMILES string of the molecule is CC[C@H](C)NC(=O)[C@@H](Cc1ccccc1)N(Cc1ccc(Cl)c(Cl)c1)C(=O)Cc1ccc(OC)cc1. The van der Waals surface area contributed by atoms with Crippen molar-refractivity contribution in [1.82, 2.24) is 10.2 Å². The number of hydrogen-bond donors (Lipinski definition) is 1. The van der Waals surface area contributed by atoms with E-state index in [2.05, 4.69) is 5.32 Å². The number of nitrogens with one attached hydrogen (secondary N) is 1. The molecule has 190 valence electrons. The molecule has 7 heteroatoms. The third kappa shape index (κ3) is 7.74. The van der Waals surface area contributed by atoms with Crippen molar-refractivity contribution in [2.24, 2.45) is 0 Å². The highest BCUT2D eigenvalue weighted by Crippen LogP contribution is 2.25. The average molecular weight is 527 g/mol. The van der Waals surface area contributed by atoms with Crippen LogP contribution in [0.15, 0.2) is 72.8 Å². The second-order valence-electron chi connectivity index (χ2n) is 8.82. The minimum atomic E-state index is -0.707.